The van der Waals surface area contributed by atoms with E-state index < -0.39 is 5.41 Å². The fraction of sp³-hybridized carbons (Fsp3) is 0.269. The summed E-state index contributed by atoms with van der Waals surface area (Å²) >= 11 is 0. The molecule has 1 heterocycles. The molecule has 1 saturated carbocycles. The van der Waals surface area contributed by atoms with E-state index in [1.165, 1.54) is 0 Å². The standard InChI is InChI=1S/C26H25NO4/c1-29-22-8-6-17(12-21(22)20-5-3-2-4-18(20)15-27)13-25(28)26(10-11-26)19-7-9-23-24(14-19)31-16-30-23/h2-9,12,14H,10-11,13,15-16,27H2,1H3. The average molecular weight is 415 g/mol. The summed E-state index contributed by atoms with van der Waals surface area (Å²) in [6.07, 6.45) is 2.10. The van der Waals surface area contributed by atoms with Gasteiger partial charge in [-0.3, -0.25) is 4.79 Å². The quantitative estimate of drug-likeness (QED) is 0.620. The largest absolute Gasteiger partial charge is 0.496 e. The van der Waals surface area contributed by atoms with E-state index in [1.54, 1.807) is 7.11 Å². The van der Waals surface area contributed by atoms with Crippen LogP contribution < -0.4 is 19.9 Å². The lowest BCUT2D eigenvalue weighted by Crippen LogP contribution is -2.22. The molecule has 31 heavy (non-hydrogen) atoms. The molecule has 0 radical (unpaired) electrons. The van der Waals surface area contributed by atoms with Gasteiger partial charge in [-0.15, -0.1) is 0 Å². The summed E-state index contributed by atoms with van der Waals surface area (Å²) in [5, 5.41) is 0. The highest BCUT2D eigenvalue weighted by Gasteiger charge is 2.50. The molecule has 1 aliphatic heterocycles. The first-order valence-electron chi connectivity index (χ1n) is 10.5. The molecular weight excluding hydrogens is 390 g/mol. The Balaban J connectivity index is 1.44. The Hall–Kier alpha value is -3.31. The summed E-state index contributed by atoms with van der Waals surface area (Å²) in [5.74, 6) is 2.47. The molecule has 5 rings (SSSR count). The Kier molecular flexibility index (Phi) is 4.91. The Morgan fingerprint density at radius 3 is 2.58 bits per heavy atom. The van der Waals surface area contributed by atoms with Crippen molar-refractivity contribution in [1.29, 1.82) is 0 Å². The second kappa shape index (κ2) is 7.75. The monoisotopic (exact) mass is 415 g/mol. The number of fused-ring (bicyclic) bond motifs is 1. The number of hydrogen-bond acceptors (Lipinski definition) is 5. The van der Waals surface area contributed by atoms with Gasteiger partial charge in [0.2, 0.25) is 6.79 Å². The van der Waals surface area contributed by atoms with Gasteiger partial charge in [0.05, 0.1) is 12.5 Å². The van der Waals surface area contributed by atoms with E-state index >= 15 is 0 Å². The van der Waals surface area contributed by atoms with E-state index in [0.29, 0.717) is 13.0 Å². The van der Waals surface area contributed by atoms with Crippen molar-refractivity contribution in [2.45, 2.75) is 31.2 Å². The van der Waals surface area contributed by atoms with Gasteiger partial charge in [0, 0.05) is 18.5 Å². The van der Waals surface area contributed by atoms with Crippen molar-refractivity contribution in [3.8, 4) is 28.4 Å². The van der Waals surface area contributed by atoms with Crippen LogP contribution in [-0.2, 0) is 23.2 Å². The zero-order chi connectivity index (χ0) is 21.4. The van der Waals surface area contributed by atoms with Gasteiger partial charge < -0.3 is 19.9 Å². The van der Waals surface area contributed by atoms with E-state index in [2.05, 4.69) is 6.07 Å². The molecule has 2 aliphatic rings. The molecule has 0 aromatic heterocycles. The fourth-order valence-corrected chi connectivity index (χ4v) is 4.44. The van der Waals surface area contributed by atoms with Crippen molar-refractivity contribution < 1.29 is 19.0 Å². The van der Waals surface area contributed by atoms with Crippen LogP contribution in [0.15, 0.2) is 60.7 Å². The smallest absolute Gasteiger partial charge is 0.231 e. The number of ketones is 1. The number of methoxy groups -OCH3 is 1. The van der Waals surface area contributed by atoms with Crippen molar-refractivity contribution >= 4 is 5.78 Å². The minimum absolute atomic E-state index is 0.231. The molecular formula is C26H25NO4. The molecule has 0 unspecified atom stereocenters. The van der Waals surface area contributed by atoms with Crippen molar-refractivity contribution in [1.82, 2.24) is 0 Å². The van der Waals surface area contributed by atoms with Crippen molar-refractivity contribution in [2.75, 3.05) is 13.9 Å². The highest BCUT2D eigenvalue weighted by Crippen LogP contribution is 2.51. The summed E-state index contributed by atoms with van der Waals surface area (Å²) in [4.78, 5) is 13.4. The van der Waals surface area contributed by atoms with Crippen molar-refractivity contribution in [3.05, 3.63) is 77.4 Å². The number of Topliss-reactive ketones (excluding diaryl/α,β-unsaturated/α-hetero) is 1. The number of nitrogens with two attached hydrogens (primary N) is 1. The Morgan fingerprint density at radius 2 is 1.81 bits per heavy atom. The van der Waals surface area contributed by atoms with Gasteiger partial charge >= 0.3 is 0 Å². The van der Waals surface area contributed by atoms with Crippen molar-refractivity contribution in [2.24, 2.45) is 5.73 Å². The van der Waals surface area contributed by atoms with Crippen LogP contribution in [0.25, 0.3) is 11.1 Å². The minimum Gasteiger partial charge on any atom is -0.496 e. The first-order chi connectivity index (χ1) is 15.1. The lowest BCUT2D eigenvalue weighted by molar-refractivity contribution is -0.120. The highest BCUT2D eigenvalue weighted by atomic mass is 16.7. The van der Waals surface area contributed by atoms with Crippen LogP contribution in [0.3, 0.4) is 0 Å². The summed E-state index contributed by atoms with van der Waals surface area (Å²) in [5.41, 5.74) is 10.6. The van der Waals surface area contributed by atoms with Crippen molar-refractivity contribution in [3.63, 3.8) is 0 Å². The Labute approximate surface area is 181 Å². The highest BCUT2D eigenvalue weighted by molar-refractivity contribution is 5.95. The molecule has 0 spiro atoms. The van der Waals surface area contributed by atoms with Crippen LogP contribution in [0.5, 0.6) is 17.2 Å². The van der Waals surface area contributed by atoms with Crippen LogP contribution in [-0.4, -0.2) is 19.7 Å². The number of carbonyl (C=O) groups is 1. The first kappa shape index (κ1) is 19.6. The Morgan fingerprint density at radius 1 is 1.00 bits per heavy atom. The van der Waals surface area contributed by atoms with Crippen LogP contribution >= 0.6 is 0 Å². The summed E-state index contributed by atoms with van der Waals surface area (Å²) in [6.45, 7) is 0.675. The van der Waals surface area contributed by atoms with E-state index in [9.17, 15) is 4.79 Å². The van der Waals surface area contributed by atoms with E-state index in [4.69, 9.17) is 19.9 Å². The molecule has 5 heteroatoms. The van der Waals surface area contributed by atoms with E-state index in [1.807, 2.05) is 54.6 Å². The second-order valence-electron chi connectivity index (χ2n) is 8.15. The maximum Gasteiger partial charge on any atom is 0.231 e. The van der Waals surface area contributed by atoms with Crippen LogP contribution in [0, 0.1) is 0 Å². The maximum atomic E-state index is 13.4. The first-order valence-corrected chi connectivity index (χ1v) is 10.5. The summed E-state index contributed by atoms with van der Waals surface area (Å²) in [7, 11) is 1.66. The summed E-state index contributed by atoms with van der Waals surface area (Å²) < 4.78 is 16.5. The molecule has 3 aromatic carbocycles. The molecule has 0 bridgehead atoms. The average Bonchev–Trinajstić information content (AvgIpc) is 3.50. The molecule has 1 fully saturated rings. The van der Waals surface area contributed by atoms with Crippen LogP contribution in [0.1, 0.15) is 29.5 Å². The number of ether oxygens (including phenoxy) is 3. The Bertz CT molecular complexity index is 1150. The number of hydrogen-bond donors (Lipinski definition) is 1. The molecule has 0 atom stereocenters. The van der Waals surface area contributed by atoms with Gasteiger partial charge in [0.1, 0.15) is 11.5 Å². The SMILES string of the molecule is COc1ccc(CC(=O)C2(c3ccc4c(c3)OCO4)CC2)cc1-c1ccccc1CN. The zero-order valence-corrected chi connectivity index (χ0v) is 17.5. The van der Waals surface area contributed by atoms with Gasteiger partial charge in [0.15, 0.2) is 11.5 Å². The third-order valence-electron chi connectivity index (χ3n) is 6.36. The number of benzene rings is 3. The van der Waals surface area contributed by atoms with Gasteiger partial charge in [-0.25, -0.2) is 0 Å². The van der Waals surface area contributed by atoms with E-state index in [0.717, 1.165) is 57.9 Å². The minimum atomic E-state index is -0.420. The zero-order valence-electron chi connectivity index (χ0n) is 17.5. The molecule has 1 aliphatic carbocycles. The fourth-order valence-electron chi connectivity index (χ4n) is 4.44. The summed E-state index contributed by atoms with van der Waals surface area (Å²) in [6, 6.07) is 19.9. The number of carbonyl (C=O) groups excluding carboxylic acids is 1. The van der Waals surface area contributed by atoms with Gasteiger partial charge in [0.25, 0.3) is 0 Å². The van der Waals surface area contributed by atoms with Gasteiger partial charge in [-0.2, -0.15) is 0 Å². The predicted octanol–water partition coefficient (Wildman–Crippen LogP) is 4.39. The predicted molar refractivity (Wildman–Crippen MR) is 119 cm³/mol. The normalized spacial score (nSPS) is 15.5. The third kappa shape index (κ3) is 3.45. The van der Waals surface area contributed by atoms with Gasteiger partial charge in [-0.1, -0.05) is 36.4 Å². The molecule has 0 saturated heterocycles. The van der Waals surface area contributed by atoms with Gasteiger partial charge in [-0.05, 0) is 59.4 Å². The number of rotatable bonds is 7. The lowest BCUT2D eigenvalue weighted by Gasteiger charge is -2.17. The van der Waals surface area contributed by atoms with Crippen LogP contribution in [0.2, 0.25) is 0 Å². The lowest BCUT2D eigenvalue weighted by atomic mass is 9.87. The van der Waals surface area contributed by atoms with Crippen LogP contribution in [0.4, 0.5) is 0 Å². The molecule has 3 aromatic rings. The second-order valence-corrected chi connectivity index (χ2v) is 8.15. The molecule has 158 valence electrons. The third-order valence-corrected chi connectivity index (χ3v) is 6.36. The topological polar surface area (TPSA) is 70.8 Å². The molecule has 2 N–H and O–H groups in total. The maximum absolute atomic E-state index is 13.4. The van der Waals surface area contributed by atoms with E-state index in [-0.39, 0.29) is 12.6 Å². The molecule has 0 amide bonds. The molecule has 5 nitrogen and oxygen atoms in total.